The molecule has 0 fully saturated rings. The van der Waals surface area contributed by atoms with Crippen molar-refractivity contribution < 1.29 is 4.84 Å². The monoisotopic (exact) mass is 296 g/mol. The number of rotatable bonds is 8. The van der Waals surface area contributed by atoms with Gasteiger partial charge in [0.15, 0.2) is 0 Å². The van der Waals surface area contributed by atoms with Crippen molar-refractivity contribution in [3.63, 3.8) is 0 Å². The van der Waals surface area contributed by atoms with E-state index in [4.69, 9.17) is 10.4 Å². The van der Waals surface area contributed by atoms with E-state index in [1.165, 1.54) is 11.1 Å². The van der Waals surface area contributed by atoms with Crippen LogP contribution in [0.3, 0.4) is 0 Å². The molecule has 5 nitrogen and oxygen atoms in total. The Labute approximate surface area is 130 Å². The molecule has 0 saturated heterocycles. The molecule has 0 aliphatic carbocycles. The predicted molar refractivity (Wildman–Crippen MR) is 86.7 cm³/mol. The third-order valence-electron chi connectivity index (χ3n) is 3.13. The van der Waals surface area contributed by atoms with Gasteiger partial charge in [0.05, 0.1) is 12.6 Å². The van der Waals surface area contributed by atoms with Gasteiger partial charge in [-0.3, -0.25) is 4.84 Å². The summed E-state index contributed by atoms with van der Waals surface area (Å²) in [5, 5.41) is 5.47. The zero-order valence-electron chi connectivity index (χ0n) is 12.7. The molecule has 114 valence electrons. The molecule has 22 heavy (non-hydrogen) atoms. The van der Waals surface area contributed by atoms with Crippen molar-refractivity contribution in [1.82, 2.24) is 5.06 Å². The minimum atomic E-state index is -0.164. The van der Waals surface area contributed by atoms with Gasteiger partial charge in [-0.25, -0.2) is 0 Å². The number of azide groups is 1. The smallest absolute Gasteiger partial charge is 0.0821 e. The first kappa shape index (κ1) is 16.0. The maximum absolute atomic E-state index is 8.41. The van der Waals surface area contributed by atoms with Gasteiger partial charge in [-0.15, -0.1) is 0 Å². The molecule has 5 heteroatoms. The van der Waals surface area contributed by atoms with Crippen LogP contribution in [0, 0.1) is 0 Å². The van der Waals surface area contributed by atoms with Gasteiger partial charge in [0.1, 0.15) is 0 Å². The molecule has 0 radical (unpaired) electrons. The quantitative estimate of drug-likeness (QED) is 0.315. The standard InChI is InChI=1S/C17H20N4O/c1-15(12-19-20-18)22-21(13-16-8-4-2-5-9-16)14-17-10-6-3-7-11-17/h2-11,15H,12-14H2,1H3/t15-/m0/s1. The zero-order valence-corrected chi connectivity index (χ0v) is 12.7. The minimum absolute atomic E-state index is 0.164. The molecule has 0 saturated carbocycles. The largest absolute Gasteiger partial charge is 0.295 e. The summed E-state index contributed by atoms with van der Waals surface area (Å²) >= 11 is 0. The third kappa shape index (κ3) is 5.58. The molecule has 2 aromatic carbocycles. The Morgan fingerprint density at radius 1 is 1.00 bits per heavy atom. The van der Waals surface area contributed by atoms with E-state index in [1.54, 1.807) is 0 Å². The molecule has 0 spiro atoms. The molecule has 2 rings (SSSR count). The topological polar surface area (TPSA) is 61.2 Å². The summed E-state index contributed by atoms with van der Waals surface area (Å²) in [7, 11) is 0. The van der Waals surface area contributed by atoms with Crippen molar-refractivity contribution in [3.8, 4) is 0 Å². The third-order valence-corrected chi connectivity index (χ3v) is 3.13. The molecule has 0 amide bonds. The Kier molecular flexibility index (Phi) is 6.45. The lowest BCUT2D eigenvalue weighted by atomic mass is 10.2. The maximum atomic E-state index is 8.41. The zero-order chi connectivity index (χ0) is 15.6. The number of hydrogen-bond donors (Lipinski definition) is 0. The molecule has 0 bridgehead atoms. The van der Waals surface area contributed by atoms with Crippen LogP contribution in [0.1, 0.15) is 18.1 Å². The Morgan fingerprint density at radius 3 is 1.95 bits per heavy atom. The molecule has 2 aromatic rings. The highest BCUT2D eigenvalue weighted by Gasteiger charge is 2.12. The van der Waals surface area contributed by atoms with E-state index in [2.05, 4.69) is 34.3 Å². The minimum Gasteiger partial charge on any atom is -0.295 e. The summed E-state index contributed by atoms with van der Waals surface area (Å²) in [6, 6.07) is 20.3. The van der Waals surface area contributed by atoms with E-state index in [0.717, 1.165) is 0 Å². The Balaban J connectivity index is 2.04. The SMILES string of the molecule is C[C@@H](CN=[N+]=[N-])ON(Cc1ccccc1)Cc1ccccc1. The van der Waals surface area contributed by atoms with Gasteiger partial charge < -0.3 is 0 Å². The van der Waals surface area contributed by atoms with Crippen LogP contribution in [0.25, 0.3) is 10.4 Å². The van der Waals surface area contributed by atoms with Gasteiger partial charge in [0, 0.05) is 18.0 Å². The van der Waals surface area contributed by atoms with E-state index in [1.807, 2.05) is 48.4 Å². The fraction of sp³-hybridized carbons (Fsp3) is 0.294. The van der Waals surface area contributed by atoms with Gasteiger partial charge >= 0.3 is 0 Å². The first-order valence-corrected chi connectivity index (χ1v) is 7.28. The van der Waals surface area contributed by atoms with Crippen LogP contribution in [0.5, 0.6) is 0 Å². The van der Waals surface area contributed by atoms with Crippen molar-refractivity contribution in [2.24, 2.45) is 5.11 Å². The summed E-state index contributed by atoms with van der Waals surface area (Å²) in [6.07, 6.45) is -0.164. The second kappa shape index (κ2) is 8.85. The van der Waals surface area contributed by atoms with E-state index < -0.39 is 0 Å². The lowest BCUT2D eigenvalue weighted by Crippen LogP contribution is -2.29. The number of nitrogens with zero attached hydrogens (tertiary/aromatic N) is 4. The Hall–Kier alpha value is -2.33. The Bertz CT molecular complexity index is 555. The molecule has 0 N–H and O–H groups in total. The number of hydrogen-bond acceptors (Lipinski definition) is 3. The van der Waals surface area contributed by atoms with Crippen molar-refractivity contribution in [1.29, 1.82) is 0 Å². The summed E-state index contributed by atoms with van der Waals surface area (Å²) in [5.41, 5.74) is 10.8. The van der Waals surface area contributed by atoms with E-state index in [-0.39, 0.29) is 6.10 Å². The molecule has 0 aliphatic heterocycles. The van der Waals surface area contributed by atoms with Gasteiger partial charge in [-0.1, -0.05) is 65.8 Å². The molecular weight excluding hydrogens is 276 g/mol. The summed E-state index contributed by atoms with van der Waals surface area (Å²) < 4.78 is 0. The van der Waals surface area contributed by atoms with E-state index in [0.29, 0.717) is 19.6 Å². The van der Waals surface area contributed by atoms with Crippen LogP contribution in [0.4, 0.5) is 0 Å². The number of hydroxylamine groups is 2. The highest BCUT2D eigenvalue weighted by atomic mass is 16.7. The maximum Gasteiger partial charge on any atom is 0.0821 e. The molecule has 0 unspecified atom stereocenters. The molecule has 1 atom stereocenters. The second-order valence-corrected chi connectivity index (χ2v) is 5.10. The van der Waals surface area contributed by atoms with Crippen LogP contribution in [-0.2, 0) is 17.9 Å². The van der Waals surface area contributed by atoms with Gasteiger partial charge in [0.25, 0.3) is 0 Å². The highest BCUT2D eigenvalue weighted by Crippen LogP contribution is 2.12. The van der Waals surface area contributed by atoms with E-state index >= 15 is 0 Å². The van der Waals surface area contributed by atoms with Crippen LogP contribution >= 0.6 is 0 Å². The molecular formula is C17H20N4O. The summed E-state index contributed by atoms with van der Waals surface area (Å²) in [5.74, 6) is 0. The predicted octanol–water partition coefficient (Wildman–Crippen LogP) is 4.32. The van der Waals surface area contributed by atoms with Crippen molar-refractivity contribution in [2.75, 3.05) is 6.54 Å². The Morgan fingerprint density at radius 2 is 1.50 bits per heavy atom. The lowest BCUT2D eigenvalue weighted by Gasteiger charge is -2.25. The first-order chi connectivity index (χ1) is 10.8. The van der Waals surface area contributed by atoms with Crippen LogP contribution in [-0.4, -0.2) is 17.7 Å². The van der Waals surface area contributed by atoms with Crippen LogP contribution in [0.2, 0.25) is 0 Å². The van der Waals surface area contributed by atoms with Crippen molar-refractivity contribution in [3.05, 3.63) is 82.2 Å². The highest BCUT2D eigenvalue weighted by molar-refractivity contribution is 5.16. The fourth-order valence-corrected chi connectivity index (χ4v) is 2.14. The first-order valence-electron chi connectivity index (χ1n) is 7.28. The molecule has 0 heterocycles. The second-order valence-electron chi connectivity index (χ2n) is 5.10. The average molecular weight is 296 g/mol. The lowest BCUT2D eigenvalue weighted by molar-refractivity contribution is -0.203. The van der Waals surface area contributed by atoms with Gasteiger partial charge in [-0.05, 0) is 23.6 Å². The fourth-order valence-electron chi connectivity index (χ4n) is 2.14. The van der Waals surface area contributed by atoms with Crippen LogP contribution in [0.15, 0.2) is 65.8 Å². The van der Waals surface area contributed by atoms with E-state index in [9.17, 15) is 0 Å². The van der Waals surface area contributed by atoms with Gasteiger partial charge in [0.2, 0.25) is 0 Å². The van der Waals surface area contributed by atoms with Gasteiger partial charge in [-0.2, -0.15) is 5.06 Å². The molecule has 0 aromatic heterocycles. The normalized spacial score (nSPS) is 11.9. The van der Waals surface area contributed by atoms with Crippen LogP contribution < -0.4 is 0 Å². The summed E-state index contributed by atoms with van der Waals surface area (Å²) in [4.78, 5) is 8.71. The average Bonchev–Trinajstić information content (AvgIpc) is 2.55. The van der Waals surface area contributed by atoms with Crippen molar-refractivity contribution >= 4 is 0 Å². The number of benzene rings is 2. The summed E-state index contributed by atoms with van der Waals surface area (Å²) in [6.45, 7) is 3.57. The molecule has 0 aliphatic rings. The van der Waals surface area contributed by atoms with Crippen molar-refractivity contribution in [2.45, 2.75) is 26.1 Å².